The number of aromatic nitrogens is 3. The second-order valence-electron chi connectivity index (χ2n) is 6.78. The lowest BCUT2D eigenvalue weighted by atomic mass is 10.2. The van der Waals surface area contributed by atoms with E-state index in [0.29, 0.717) is 17.2 Å². The molecule has 0 aliphatic rings. The molecule has 14 heteroatoms. The third kappa shape index (κ3) is 5.07. The zero-order chi connectivity index (χ0) is 25.9. The lowest BCUT2D eigenvalue weighted by Gasteiger charge is -2.19. The Balaban J connectivity index is 2.19. The summed E-state index contributed by atoms with van der Waals surface area (Å²) in [7, 11) is 1.22. The van der Waals surface area contributed by atoms with Gasteiger partial charge < -0.3 is 9.47 Å². The Hall–Kier alpha value is -4.05. The number of rotatable bonds is 8. The normalized spacial score (nSPS) is 11.3. The van der Waals surface area contributed by atoms with E-state index >= 15 is 0 Å². The minimum atomic E-state index is -4.95. The molecule has 0 aliphatic carbocycles. The van der Waals surface area contributed by atoms with Crippen LogP contribution >= 0.6 is 11.6 Å². The van der Waals surface area contributed by atoms with E-state index in [1.165, 1.54) is 25.3 Å². The summed E-state index contributed by atoms with van der Waals surface area (Å²) in [5, 5.41) is 8.74. The van der Waals surface area contributed by atoms with E-state index in [1.54, 1.807) is 0 Å². The van der Waals surface area contributed by atoms with E-state index in [-0.39, 0.29) is 22.2 Å². The van der Waals surface area contributed by atoms with E-state index in [1.807, 2.05) is 0 Å². The van der Waals surface area contributed by atoms with E-state index in [0.717, 1.165) is 12.1 Å². The molecular formula is C21H12ClF5N4O4. The third-order valence-electron chi connectivity index (χ3n) is 4.54. The van der Waals surface area contributed by atoms with Crippen molar-refractivity contribution in [3.05, 3.63) is 74.3 Å². The number of aldehydes is 1. The minimum Gasteiger partial charge on any atom is -0.481 e. The molecule has 0 aliphatic heterocycles. The largest absolute Gasteiger partial charge is 0.481 e. The van der Waals surface area contributed by atoms with Crippen LogP contribution in [0.1, 0.15) is 27.3 Å². The first-order valence-corrected chi connectivity index (χ1v) is 9.73. The fourth-order valence-corrected chi connectivity index (χ4v) is 3.08. The first-order valence-electron chi connectivity index (χ1n) is 9.35. The maximum Gasteiger partial charge on any atom is 0.352 e. The van der Waals surface area contributed by atoms with Crippen molar-refractivity contribution in [1.29, 1.82) is 5.26 Å². The van der Waals surface area contributed by atoms with E-state index in [9.17, 15) is 31.5 Å². The highest BCUT2D eigenvalue weighted by atomic mass is 35.5. The Bertz CT molecular complexity index is 1390. The van der Waals surface area contributed by atoms with Crippen LogP contribution in [0.4, 0.5) is 22.0 Å². The molecule has 0 spiro atoms. The quantitative estimate of drug-likeness (QED) is 0.325. The van der Waals surface area contributed by atoms with Crippen LogP contribution in [0.3, 0.4) is 0 Å². The fraction of sp³-hybridized carbons (Fsp3) is 0.190. The number of carbonyl (C=O) groups is 1. The van der Waals surface area contributed by atoms with Crippen LogP contribution in [0.25, 0.3) is 0 Å². The molecule has 35 heavy (non-hydrogen) atoms. The Morgan fingerprint density at radius 2 is 2.03 bits per heavy atom. The summed E-state index contributed by atoms with van der Waals surface area (Å²) in [5.74, 6) is -8.77. The van der Waals surface area contributed by atoms with Crippen LogP contribution in [0.15, 0.2) is 35.4 Å². The molecule has 0 radical (unpaired) electrons. The number of halogens is 6. The van der Waals surface area contributed by atoms with Crippen molar-refractivity contribution in [2.75, 3.05) is 7.11 Å². The lowest BCUT2D eigenvalue weighted by molar-refractivity contribution is -0.139. The predicted molar refractivity (Wildman–Crippen MR) is 110 cm³/mol. The second kappa shape index (κ2) is 10.1. The number of benzene rings is 1. The summed E-state index contributed by atoms with van der Waals surface area (Å²) >= 11 is 5.77. The SMILES string of the molecule is COc1nc(C=O)ccc1Cn1cnc(C(F)(F)C(F)F)c(Oc2cc(Cl)cc(C#N)c2F)c1=O. The third-order valence-corrected chi connectivity index (χ3v) is 4.76. The van der Waals surface area contributed by atoms with Crippen molar-refractivity contribution in [2.24, 2.45) is 0 Å². The van der Waals surface area contributed by atoms with Crippen molar-refractivity contribution in [3.63, 3.8) is 0 Å². The minimum absolute atomic E-state index is 0.00301. The first-order chi connectivity index (χ1) is 16.5. The molecule has 0 atom stereocenters. The Labute approximate surface area is 198 Å². The van der Waals surface area contributed by atoms with Gasteiger partial charge >= 0.3 is 12.3 Å². The number of carbonyl (C=O) groups excluding carboxylic acids is 1. The zero-order valence-electron chi connectivity index (χ0n) is 17.4. The van der Waals surface area contributed by atoms with Gasteiger partial charge in [-0.3, -0.25) is 14.2 Å². The standard InChI is InChI=1S/C21H12ClF5N4O4/c1-34-18-10(2-3-13(8-32)30-18)7-31-9-29-17(21(26,27)20(24)25)16(19(31)33)35-14-5-12(22)4-11(6-28)15(14)23/h2-5,8-9,20H,7H2,1H3. The predicted octanol–water partition coefficient (Wildman–Crippen LogP) is 4.32. The number of pyridine rings is 1. The van der Waals surface area contributed by atoms with Crippen molar-refractivity contribution in [1.82, 2.24) is 14.5 Å². The highest BCUT2D eigenvalue weighted by Gasteiger charge is 2.48. The van der Waals surface area contributed by atoms with Crippen molar-refractivity contribution < 1.29 is 36.2 Å². The van der Waals surface area contributed by atoms with Crippen LogP contribution in [0.5, 0.6) is 17.4 Å². The van der Waals surface area contributed by atoms with Gasteiger partial charge in [-0.15, -0.1) is 0 Å². The van der Waals surface area contributed by atoms with Crippen LogP contribution in [0.2, 0.25) is 5.02 Å². The second-order valence-corrected chi connectivity index (χ2v) is 7.22. The molecule has 0 N–H and O–H groups in total. The molecule has 3 rings (SSSR count). The molecule has 182 valence electrons. The van der Waals surface area contributed by atoms with Crippen molar-refractivity contribution in [2.45, 2.75) is 18.9 Å². The van der Waals surface area contributed by atoms with Gasteiger partial charge in [0.2, 0.25) is 11.6 Å². The van der Waals surface area contributed by atoms with Gasteiger partial charge in [0.1, 0.15) is 11.8 Å². The highest BCUT2D eigenvalue weighted by molar-refractivity contribution is 6.30. The molecule has 2 heterocycles. The van der Waals surface area contributed by atoms with Gasteiger partial charge in [-0.1, -0.05) is 11.6 Å². The molecule has 0 saturated heterocycles. The van der Waals surface area contributed by atoms with Gasteiger partial charge in [0, 0.05) is 16.7 Å². The number of hydrogen-bond acceptors (Lipinski definition) is 7. The van der Waals surface area contributed by atoms with Gasteiger partial charge in [-0.25, -0.2) is 23.1 Å². The Morgan fingerprint density at radius 1 is 1.31 bits per heavy atom. The first kappa shape index (κ1) is 25.6. The number of nitrogens with zero attached hydrogens (tertiary/aromatic N) is 4. The molecule has 1 aromatic carbocycles. The van der Waals surface area contributed by atoms with Gasteiger partial charge in [0.25, 0.3) is 5.56 Å². The molecule has 0 bridgehead atoms. The molecule has 0 unspecified atom stereocenters. The number of methoxy groups -OCH3 is 1. The smallest absolute Gasteiger partial charge is 0.352 e. The molecule has 0 amide bonds. The zero-order valence-corrected chi connectivity index (χ0v) is 18.2. The maximum atomic E-state index is 14.6. The molecule has 8 nitrogen and oxygen atoms in total. The molecular weight excluding hydrogens is 503 g/mol. The fourth-order valence-electron chi connectivity index (χ4n) is 2.88. The van der Waals surface area contributed by atoms with Gasteiger partial charge in [-0.2, -0.15) is 14.0 Å². The van der Waals surface area contributed by atoms with Crippen LogP contribution < -0.4 is 15.0 Å². The number of hydrogen-bond donors (Lipinski definition) is 0. The number of nitriles is 1. The van der Waals surface area contributed by atoms with Crippen LogP contribution in [-0.4, -0.2) is 34.4 Å². The average molecular weight is 515 g/mol. The summed E-state index contributed by atoms with van der Waals surface area (Å²) < 4.78 is 79.9. The Morgan fingerprint density at radius 3 is 2.63 bits per heavy atom. The topological polar surface area (TPSA) is 107 Å². The Kier molecular flexibility index (Phi) is 7.35. The summed E-state index contributed by atoms with van der Waals surface area (Å²) in [6.45, 7) is -0.431. The van der Waals surface area contributed by atoms with E-state index < -0.39 is 53.0 Å². The molecule has 0 saturated carbocycles. The van der Waals surface area contributed by atoms with Crippen molar-refractivity contribution >= 4 is 17.9 Å². The van der Waals surface area contributed by atoms with Gasteiger partial charge in [-0.05, 0) is 18.2 Å². The molecule has 2 aromatic heterocycles. The maximum absolute atomic E-state index is 14.6. The molecule has 0 fully saturated rings. The van der Waals surface area contributed by atoms with Crippen molar-refractivity contribution in [3.8, 4) is 23.4 Å². The number of alkyl halides is 4. The average Bonchev–Trinajstić information content (AvgIpc) is 2.83. The summed E-state index contributed by atoms with van der Waals surface area (Å²) in [6.07, 6.45) is -3.29. The highest BCUT2D eigenvalue weighted by Crippen LogP contribution is 2.39. The molecule has 3 aromatic rings. The van der Waals surface area contributed by atoms with E-state index in [4.69, 9.17) is 26.3 Å². The van der Waals surface area contributed by atoms with Crippen LogP contribution in [0, 0.1) is 17.1 Å². The van der Waals surface area contributed by atoms with Crippen LogP contribution in [-0.2, 0) is 12.5 Å². The van der Waals surface area contributed by atoms with Gasteiger partial charge in [0.15, 0.2) is 23.5 Å². The lowest BCUT2D eigenvalue weighted by Crippen LogP contribution is -2.32. The van der Waals surface area contributed by atoms with Gasteiger partial charge in [0.05, 0.1) is 25.5 Å². The monoisotopic (exact) mass is 514 g/mol. The summed E-state index contributed by atoms with van der Waals surface area (Å²) in [5.41, 5.74) is -3.62. The summed E-state index contributed by atoms with van der Waals surface area (Å²) in [6, 6.07) is 5.76. The summed E-state index contributed by atoms with van der Waals surface area (Å²) in [4.78, 5) is 31.1. The van der Waals surface area contributed by atoms with E-state index in [2.05, 4.69) is 9.97 Å². The number of ether oxygens (including phenoxy) is 2.